The number of anilines is 2. The smallest absolute Gasteiger partial charge is 0.179 e. The molecule has 0 radical (unpaired) electrons. The number of ether oxygens (including phenoxy) is 1. The van der Waals surface area contributed by atoms with E-state index in [2.05, 4.69) is 14.8 Å². The second-order valence-electron chi connectivity index (χ2n) is 6.38. The summed E-state index contributed by atoms with van der Waals surface area (Å²) in [7, 11) is 1.62. The molecule has 0 aliphatic carbocycles. The molecule has 1 aliphatic rings. The number of piperazine rings is 1. The highest BCUT2D eigenvalue weighted by molar-refractivity contribution is 5.62. The van der Waals surface area contributed by atoms with E-state index in [0.29, 0.717) is 17.3 Å². The van der Waals surface area contributed by atoms with Gasteiger partial charge in [0.1, 0.15) is 5.82 Å². The molecule has 2 aromatic carbocycles. The molecule has 0 unspecified atom stereocenters. The first-order chi connectivity index (χ1) is 13.3. The van der Waals surface area contributed by atoms with Gasteiger partial charge in [-0.05, 0) is 12.1 Å². The molecule has 1 saturated heterocycles. The van der Waals surface area contributed by atoms with E-state index in [9.17, 15) is 4.39 Å². The molecular formula is C21H21FN4O. The Labute approximate surface area is 158 Å². The Bertz CT molecular complexity index is 911. The number of nitrogens with zero attached hydrogens (tertiary/aromatic N) is 4. The van der Waals surface area contributed by atoms with Crippen LogP contribution < -0.4 is 14.5 Å². The summed E-state index contributed by atoms with van der Waals surface area (Å²) in [6, 6.07) is 16.8. The van der Waals surface area contributed by atoms with Gasteiger partial charge in [-0.25, -0.2) is 14.4 Å². The van der Waals surface area contributed by atoms with Gasteiger partial charge in [0.2, 0.25) is 0 Å². The standard InChI is InChI=1S/C21H21FN4O/c1-27-19-15-23-20(16-7-3-2-4-8-16)24-21(19)26-13-11-25(12-14-26)18-10-6-5-9-17(18)22/h2-10,15H,11-14H2,1H3. The zero-order valence-corrected chi connectivity index (χ0v) is 15.2. The molecule has 0 spiro atoms. The molecule has 27 heavy (non-hydrogen) atoms. The third-order valence-corrected chi connectivity index (χ3v) is 4.76. The molecule has 0 atom stereocenters. The van der Waals surface area contributed by atoms with Crippen molar-refractivity contribution in [3.05, 3.63) is 66.6 Å². The monoisotopic (exact) mass is 364 g/mol. The summed E-state index contributed by atoms with van der Waals surface area (Å²) in [4.78, 5) is 13.4. The van der Waals surface area contributed by atoms with Gasteiger partial charge in [0.05, 0.1) is 19.0 Å². The molecule has 0 amide bonds. The Kier molecular flexibility index (Phi) is 4.87. The molecule has 1 aliphatic heterocycles. The molecule has 4 rings (SSSR count). The van der Waals surface area contributed by atoms with Crippen LogP contribution in [0.25, 0.3) is 11.4 Å². The first kappa shape index (κ1) is 17.3. The van der Waals surface area contributed by atoms with Gasteiger partial charge in [-0.1, -0.05) is 42.5 Å². The Morgan fingerprint density at radius 1 is 0.889 bits per heavy atom. The average molecular weight is 364 g/mol. The minimum absolute atomic E-state index is 0.183. The van der Waals surface area contributed by atoms with Crippen LogP contribution >= 0.6 is 0 Å². The molecule has 0 bridgehead atoms. The van der Waals surface area contributed by atoms with E-state index in [1.807, 2.05) is 42.5 Å². The lowest BCUT2D eigenvalue weighted by Crippen LogP contribution is -2.47. The van der Waals surface area contributed by atoms with Crippen molar-refractivity contribution in [2.75, 3.05) is 43.1 Å². The Morgan fingerprint density at radius 2 is 1.56 bits per heavy atom. The van der Waals surface area contributed by atoms with Gasteiger partial charge in [-0.2, -0.15) is 0 Å². The van der Waals surface area contributed by atoms with Crippen LogP contribution in [0.2, 0.25) is 0 Å². The highest BCUT2D eigenvalue weighted by Crippen LogP contribution is 2.29. The quantitative estimate of drug-likeness (QED) is 0.707. The maximum atomic E-state index is 14.1. The van der Waals surface area contributed by atoms with Gasteiger partial charge in [0, 0.05) is 31.7 Å². The van der Waals surface area contributed by atoms with Crippen molar-refractivity contribution in [2.45, 2.75) is 0 Å². The largest absolute Gasteiger partial charge is 0.491 e. The molecular weight excluding hydrogens is 343 g/mol. The summed E-state index contributed by atoms with van der Waals surface area (Å²) in [6.45, 7) is 2.90. The normalized spacial score (nSPS) is 14.3. The second kappa shape index (κ2) is 7.61. The molecule has 1 aromatic heterocycles. The van der Waals surface area contributed by atoms with Crippen LogP contribution in [0.1, 0.15) is 0 Å². The van der Waals surface area contributed by atoms with Crippen molar-refractivity contribution in [2.24, 2.45) is 0 Å². The van der Waals surface area contributed by atoms with Crippen LogP contribution in [-0.2, 0) is 0 Å². The fourth-order valence-corrected chi connectivity index (χ4v) is 3.33. The van der Waals surface area contributed by atoms with E-state index >= 15 is 0 Å². The highest BCUT2D eigenvalue weighted by atomic mass is 19.1. The number of benzene rings is 2. The van der Waals surface area contributed by atoms with Crippen LogP contribution in [0.15, 0.2) is 60.8 Å². The summed E-state index contributed by atoms with van der Waals surface area (Å²) in [5, 5.41) is 0. The Morgan fingerprint density at radius 3 is 2.26 bits per heavy atom. The summed E-state index contributed by atoms with van der Waals surface area (Å²) in [6.07, 6.45) is 1.72. The third-order valence-electron chi connectivity index (χ3n) is 4.76. The molecule has 138 valence electrons. The summed E-state index contributed by atoms with van der Waals surface area (Å²) >= 11 is 0. The molecule has 6 heteroatoms. The van der Waals surface area contributed by atoms with Crippen LogP contribution in [-0.4, -0.2) is 43.3 Å². The van der Waals surface area contributed by atoms with Gasteiger partial charge in [-0.3, -0.25) is 0 Å². The minimum Gasteiger partial charge on any atom is -0.491 e. The molecule has 5 nitrogen and oxygen atoms in total. The lowest BCUT2D eigenvalue weighted by atomic mass is 10.2. The molecule has 2 heterocycles. The van der Waals surface area contributed by atoms with Gasteiger partial charge < -0.3 is 14.5 Å². The van der Waals surface area contributed by atoms with Crippen molar-refractivity contribution in [1.82, 2.24) is 9.97 Å². The number of hydrogen-bond donors (Lipinski definition) is 0. The van der Waals surface area contributed by atoms with Crippen molar-refractivity contribution in [1.29, 1.82) is 0 Å². The number of hydrogen-bond acceptors (Lipinski definition) is 5. The van der Waals surface area contributed by atoms with E-state index in [-0.39, 0.29) is 5.82 Å². The molecule has 3 aromatic rings. The van der Waals surface area contributed by atoms with E-state index in [0.717, 1.165) is 37.6 Å². The first-order valence-electron chi connectivity index (χ1n) is 8.97. The minimum atomic E-state index is -0.183. The summed E-state index contributed by atoms with van der Waals surface area (Å²) in [5.74, 6) is 1.91. The van der Waals surface area contributed by atoms with E-state index in [1.54, 1.807) is 19.4 Å². The predicted molar refractivity (Wildman–Crippen MR) is 105 cm³/mol. The predicted octanol–water partition coefficient (Wildman–Crippen LogP) is 3.62. The number of aromatic nitrogens is 2. The second-order valence-corrected chi connectivity index (χ2v) is 6.38. The number of rotatable bonds is 4. The van der Waals surface area contributed by atoms with Crippen molar-refractivity contribution in [3.63, 3.8) is 0 Å². The Hall–Kier alpha value is -3.15. The number of para-hydroxylation sites is 1. The van der Waals surface area contributed by atoms with Crippen molar-refractivity contribution >= 4 is 11.5 Å². The van der Waals surface area contributed by atoms with E-state index < -0.39 is 0 Å². The maximum Gasteiger partial charge on any atom is 0.179 e. The first-order valence-corrected chi connectivity index (χ1v) is 8.97. The maximum absolute atomic E-state index is 14.1. The molecule has 1 fully saturated rings. The van der Waals surface area contributed by atoms with E-state index in [4.69, 9.17) is 9.72 Å². The van der Waals surface area contributed by atoms with Crippen LogP contribution in [0, 0.1) is 5.82 Å². The van der Waals surface area contributed by atoms with E-state index in [1.165, 1.54) is 6.07 Å². The fourth-order valence-electron chi connectivity index (χ4n) is 3.33. The van der Waals surface area contributed by atoms with Crippen LogP contribution in [0.4, 0.5) is 15.9 Å². The highest BCUT2D eigenvalue weighted by Gasteiger charge is 2.23. The van der Waals surface area contributed by atoms with Crippen molar-refractivity contribution in [3.8, 4) is 17.1 Å². The fraction of sp³-hybridized carbons (Fsp3) is 0.238. The van der Waals surface area contributed by atoms with Crippen LogP contribution in [0.5, 0.6) is 5.75 Å². The average Bonchev–Trinajstić information content (AvgIpc) is 2.74. The van der Waals surface area contributed by atoms with Gasteiger partial charge >= 0.3 is 0 Å². The molecule has 0 saturated carbocycles. The zero-order valence-electron chi connectivity index (χ0n) is 15.2. The Balaban J connectivity index is 1.56. The van der Waals surface area contributed by atoms with Gasteiger partial charge in [0.15, 0.2) is 17.4 Å². The molecule has 0 N–H and O–H groups in total. The van der Waals surface area contributed by atoms with Crippen molar-refractivity contribution < 1.29 is 9.13 Å². The summed E-state index contributed by atoms with van der Waals surface area (Å²) in [5.41, 5.74) is 1.61. The summed E-state index contributed by atoms with van der Waals surface area (Å²) < 4.78 is 19.5. The number of halogens is 1. The van der Waals surface area contributed by atoms with Gasteiger partial charge in [0.25, 0.3) is 0 Å². The number of methoxy groups -OCH3 is 1. The van der Waals surface area contributed by atoms with Crippen LogP contribution in [0.3, 0.4) is 0 Å². The SMILES string of the molecule is COc1cnc(-c2ccccc2)nc1N1CCN(c2ccccc2F)CC1. The third kappa shape index (κ3) is 3.56. The topological polar surface area (TPSA) is 41.5 Å². The lowest BCUT2D eigenvalue weighted by Gasteiger charge is -2.37. The van der Waals surface area contributed by atoms with Gasteiger partial charge in [-0.15, -0.1) is 0 Å². The lowest BCUT2D eigenvalue weighted by molar-refractivity contribution is 0.409. The zero-order chi connectivity index (χ0) is 18.6.